The van der Waals surface area contributed by atoms with E-state index in [0.29, 0.717) is 5.69 Å². The van der Waals surface area contributed by atoms with Crippen LogP contribution >= 0.6 is 15.9 Å². The number of benzene rings is 2. The number of hydrogen-bond acceptors (Lipinski definition) is 4. The molecule has 0 heterocycles. The molecule has 0 fully saturated rings. The van der Waals surface area contributed by atoms with Gasteiger partial charge >= 0.3 is 5.97 Å². The van der Waals surface area contributed by atoms with Crippen molar-refractivity contribution < 1.29 is 17.9 Å². The lowest BCUT2D eigenvalue weighted by Gasteiger charge is -2.24. The fourth-order valence-corrected chi connectivity index (χ4v) is 3.67. The smallest absolute Gasteiger partial charge is 0.326 e. The molecular weight excluding hydrogens is 382 g/mol. The Kier molecular flexibility index (Phi) is 5.43. The summed E-state index contributed by atoms with van der Waals surface area (Å²) in [7, 11) is -2.65. The summed E-state index contributed by atoms with van der Waals surface area (Å²) < 4.78 is 32.3. The second kappa shape index (κ2) is 7.14. The second-order valence-electron chi connectivity index (χ2n) is 4.83. The molecule has 2 rings (SSSR count). The number of carbonyl (C=O) groups is 1. The van der Waals surface area contributed by atoms with Crippen LogP contribution in [-0.2, 0) is 19.6 Å². The Labute approximate surface area is 144 Å². The van der Waals surface area contributed by atoms with E-state index in [1.165, 1.54) is 19.2 Å². The lowest BCUT2D eigenvalue weighted by atomic mass is 10.2. The van der Waals surface area contributed by atoms with Gasteiger partial charge in [-0.1, -0.05) is 34.1 Å². The van der Waals surface area contributed by atoms with E-state index >= 15 is 0 Å². The lowest BCUT2D eigenvalue weighted by Crippen LogP contribution is -2.36. The first-order valence-electron chi connectivity index (χ1n) is 6.77. The molecule has 0 aromatic heterocycles. The summed E-state index contributed by atoms with van der Waals surface area (Å²) in [4.78, 5) is 11.8. The maximum atomic E-state index is 12.9. The maximum Gasteiger partial charge on any atom is 0.326 e. The average Bonchev–Trinajstić information content (AvgIpc) is 2.55. The van der Waals surface area contributed by atoms with Gasteiger partial charge in [0.1, 0.15) is 6.54 Å². The molecule has 2 aromatic carbocycles. The highest BCUT2D eigenvalue weighted by molar-refractivity contribution is 9.10. The van der Waals surface area contributed by atoms with Crippen molar-refractivity contribution in [1.29, 1.82) is 0 Å². The van der Waals surface area contributed by atoms with Crippen LogP contribution in [0.25, 0.3) is 0 Å². The Balaban J connectivity index is 2.54. The monoisotopic (exact) mass is 397 g/mol. The van der Waals surface area contributed by atoms with E-state index in [1.807, 2.05) is 6.92 Å². The van der Waals surface area contributed by atoms with Crippen molar-refractivity contribution >= 4 is 37.6 Å². The van der Waals surface area contributed by atoms with E-state index < -0.39 is 22.5 Å². The molecule has 23 heavy (non-hydrogen) atoms. The van der Waals surface area contributed by atoms with Crippen LogP contribution in [0, 0.1) is 6.92 Å². The zero-order valence-electron chi connectivity index (χ0n) is 12.7. The van der Waals surface area contributed by atoms with Crippen LogP contribution in [0.15, 0.2) is 57.9 Å². The van der Waals surface area contributed by atoms with Gasteiger partial charge in [-0.2, -0.15) is 0 Å². The Bertz CT molecular complexity index is 806. The van der Waals surface area contributed by atoms with Crippen molar-refractivity contribution in [2.75, 3.05) is 18.0 Å². The van der Waals surface area contributed by atoms with E-state index in [1.54, 1.807) is 36.4 Å². The molecule has 0 unspecified atom stereocenters. The van der Waals surface area contributed by atoms with Gasteiger partial charge in [0.15, 0.2) is 0 Å². The van der Waals surface area contributed by atoms with Crippen molar-refractivity contribution in [3.63, 3.8) is 0 Å². The molecule has 0 aliphatic heterocycles. The van der Waals surface area contributed by atoms with E-state index in [2.05, 4.69) is 20.7 Å². The first kappa shape index (κ1) is 17.5. The lowest BCUT2D eigenvalue weighted by molar-refractivity contribution is -0.138. The van der Waals surface area contributed by atoms with Gasteiger partial charge in [0.05, 0.1) is 17.7 Å². The van der Waals surface area contributed by atoms with Crippen LogP contribution in [0.1, 0.15) is 5.56 Å². The number of rotatable bonds is 5. The standard InChI is InChI=1S/C16H16BrNO4S/c1-12-10-13(8-9-15(12)17)18(11-16(19)22-2)23(20,21)14-6-4-3-5-7-14/h3-10H,11H2,1-2H3. The molecule has 0 bridgehead atoms. The SMILES string of the molecule is COC(=O)CN(c1ccc(Br)c(C)c1)S(=O)(=O)c1ccccc1. The number of nitrogens with zero attached hydrogens (tertiary/aromatic N) is 1. The summed E-state index contributed by atoms with van der Waals surface area (Å²) in [6.07, 6.45) is 0. The van der Waals surface area contributed by atoms with Crippen molar-refractivity contribution in [1.82, 2.24) is 0 Å². The zero-order chi connectivity index (χ0) is 17.0. The number of carbonyl (C=O) groups excluding carboxylic acids is 1. The molecule has 0 aliphatic rings. The fraction of sp³-hybridized carbons (Fsp3) is 0.188. The molecule has 0 saturated heterocycles. The highest BCUT2D eigenvalue weighted by Crippen LogP contribution is 2.27. The molecule has 0 N–H and O–H groups in total. The molecule has 5 nitrogen and oxygen atoms in total. The van der Waals surface area contributed by atoms with Crippen molar-refractivity contribution in [3.05, 3.63) is 58.6 Å². The van der Waals surface area contributed by atoms with Crippen LogP contribution in [0.2, 0.25) is 0 Å². The molecule has 0 amide bonds. The van der Waals surface area contributed by atoms with Crippen LogP contribution in [-0.4, -0.2) is 28.0 Å². The highest BCUT2D eigenvalue weighted by atomic mass is 79.9. The number of anilines is 1. The Morgan fingerprint density at radius 2 is 1.83 bits per heavy atom. The van der Waals surface area contributed by atoms with E-state index in [4.69, 9.17) is 0 Å². The molecule has 122 valence electrons. The third kappa shape index (κ3) is 3.92. The van der Waals surface area contributed by atoms with Gasteiger partial charge in [-0.25, -0.2) is 8.42 Å². The number of sulfonamides is 1. The van der Waals surface area contributed by atoms with Gasteiger partial charge in [-0.3, -0.25) is 9.10 Å². The fourth-order valence-electron chi connectivity index (χ4n) is 2.00. The quantitative estimate of drug-likeness (QED) is 0.726. The summed E-state index contributed by atoms with van der Waals surface area (Å²) in [5.41, 5.74) is 1.26. The van der Waals surface area contributed by atoms with E-state index in [-0.39, 0.29) is 4.90 Å². The summed E-state index contributed by atoms with van der Waals surface area (Å²) in [6, 6.07) is 13.1. The topological polar surface area (TPSA) is 63.7 Å². The molecule has 7 heteroatoms. The Morgan fingerprint density at radius 1 is 1.17 bits per heavy atom. The molecule has 0 radical (unpaired) electrons. The minimum Gasteiger partial charge on any atom is -0.468 e. The number of ether oxygens (including phenoxy) is 1. The number of aryl methyl sites for hydroxylation is 1. The van der Waals surface area contributed by atoms with Gasteiger partial charge in [-0.15, -0.1) is 0 Å². The van der Waals surface area contributed by atoms with E-state index in [9.17, 15) is 13.2 Å². The average molecular weight is 398 g/mol. The van der Waals surface area contributed by atoms with Crippen LogP contribution in [0.4, 0.5) is 5.69 Å². The molecular formula is C16H16BrNO4S. The normalized spacial score (nSPS) is 11.1. The predicted molar refractivity (Wildman–Crippen MR) is 91.9 cm³/mol. The number of methoxy groups -OCH3 is 1. The highest BCUT2D eigenvalue weighted by Gasteiger charge is 2.27. The minimum absolute atomic E-state index is 0.115. The second-order valence-corrected chi connectivity index (χ2v) is 7.55. The number of hydrogen-bond donors (Lipinski definition) is 0. The van der Waals surface area contributed by atoms with Gasteiger partial charge < -0.3 is 4.74 Å². The molecule has 0 atom stereocenters. The molecule has 0 spiro atoms. The number of halogens is 1. The maximum absolute atomic E-state index is 12.9. The van der Waals surface area contributed by atoms with Gasteiger partial charge in [0.2, 0.25) is 0 Å². The molecule has 2 aromatic rings. The van der Waals surface area contributed by atoms with Gasteiger partial charge in [0.25, 0.3) is 10.0 Å². The molecule has 0 aliphatic carbocycles. The minimum atomic E-state index is -3.87. The summed E-state index contributed by atoms with van der Waals surface area (Å²) in [5, 5.41) is 0. The summed E-state index contributed by atoms with van der Waals surface area (Å²) in [6.45, 7) is 1.45. The first-order chi connectivity index (χ1) is 10.9. The van der Waals surface area contributed by atoms with Crippen molar-refractivity contribution in [2.24, 2.45) is 0 Å². The van der Waals surface area contributed by atoms with E-state index in [0.717, 1.165) is 14.3 Å². The summed E-state index contributed by atoms with van der Waals surface area (Å²) >= 11 is 3.38. The van der Waals surface area contributed by atoms with Crippen molar-refractivity contribution in [3.8, 4) is 0 Å². The number of esters is 1. The van der Waals surface area contributed by atoms with Crippen molar-refractivity contribution in [2.45, 2.75) is 11.8 Å². The largest absolute Gasteiger partial charge is 0.468 e. The van der Waals surface area contributed by atoms with Gasteiger partial charge in [-0.05, 0) is 42.8 Å². The Hall–Kier alpha value is -1.86. The van der Waals surface area contributed by atoms with Crippen LogP contribution in [0.3, 0.4) is 0 Å². The third-order valence-corrected chi connectivity index (χ3v) is 5.94. The zero-order valence-corrected chi connectivity index (χ0v) is 15.1. The third-order valence-electron chi connectivity index (χ3n) is 3.26. The van der Waals surface area contributed by atoms with Crippen LogP contribution in [0.5, 0.6) is 0 Å². The first-order valence-corrected chi connectivity index (χ1v) is 9.00. The van der Waals surface area contributed by atoms with Gasteiger partial charge in [0, 0.05) is 4.47 Å². The molecule has 0 saturated carbocycles. The Morgan fingerprint density at radius 3 is 2.39 bits per heavy atom. The van der Waals surface area contributed by atoms with Crippen LogP contribution < -0.4 is 4.31 Å². The predicted octanol–water partition coefficient (Wildman–Crippen LogP) is 3.13. The summed E-state index contributed by atoms with van der Waals surface area (Å²) in [5.74, 6) is -0.634.